The van der Waals surface area contributed by atoms with E-state index < -0.39 is 0 Å². The number of imidazole rings is 1. The van der Waals surface area contributed by atoms with Crippen LogP contribution in [-0.2, 0) is 4.79 Å². The lowest BCUT2D eigenvalue weighted by atomic mass is 10.1. The van der Waals surface area contributed by atoms with Gasteiger partial charge in [0.15, 0.2) is 0 Å². The summed E-state index contributed by atoms with van der Waals surface area (Å²) < 4.78 is 2.09. The van der Waals surface area contributed by atoms with Gasteiger partial charge in [-0.1, -0.05) is 0 Å². The van der Waals surface area contributed by atoms with E-state index in [0.717, 1.165) is 17.4 Å². The second-order valence-electron chi connectivity index (χ2n) is 5.88. The van der Waals surface area contributed by atoms with Gasteiger partial charge in [0, 0.05) is 37.8 Å². The molecule has 3 rings (SSSR count). The molecule has 0 radical (unpaired) electrons. The molecular formula is C16H20N4O2. The van der Waals surface area contributed by atoms with E-state index in [4.69, 9.17) is 0 Å². The lowest BCUT2D eigenvalue weighted by Crippen LogP contribution is -2.48. The lowest BCUT2D eigenvalue weighted by Gasteiger charge is -2.32. The van der Waals surface area contributed by atoms with E-state index in [1.807, 2.05) is 24.5 Å². The summed E-state index contributed by atoms with van der Waals surface area (Å²) in [6.07, 6.45) is 2.65. The van der Waals surface area contributed by atoms with Gasteiger partial charge in [0.2, 0.25) is 6.41 Å². The van der Waals surface area contributed by atoms with Crippen molar-refractivity contribution in [1.82, 2.24) is 19.4 Å². The third-order valence-corrected chi connectivity index (χ3v) is 4.13. The van der Waals surface area contributed by atoms with Crippen molar-refractivity contribution in [2.45, 2.75) is 19.9 Å². The maximum Gasteiger partial charge on any atom is 0.254 e. The molecule has 0 atom stereocenters. The monoisotopic (exact) mass is 300 g/mol. The topological polar surface area (TPSA) is 58.4 Å². The molecule has 0 unspecified atom stereocenters. The van der Waals surface area contributed by atoms with Crippen LogP contribution in [0.5, 0.6) is 0 Å². The fourth-order valence-corrected chi connectivity index (χ4v) is 2.79. The van der Waals surface area contributed by atoms with E-state index in [2.05, 4.69) is 23.4 Å². The molecule has 1 aromatic carbocycles. The first-order valence-electron chi connectivity index (χ1n) is 7.55. The molecule has 0 bridgehead atoms. The summed E-state index contributed by atoms with van der Waals surface area (Å²) >= 11 is 0. The maximum absolute atomic E-state index is 12.6. The second kappa shape index (κ2) is 5.79. The van der Waals surface area contributed by atoms with E-state index in [9.17, 15) is 9.59 Å². The van der Waals surface area contributed by atoms with E-state index in [1.165, 1.54) is 0 Å². The number of amides is 2. The van der Waals surface area contributed by atoms with Crippen molar-refractivity contribution in [3.05, 3.63) is 30.1 Å². The van der Waals surface area contributed by atoms with Crippen LogP contribution < -0.4 is 0 Å². The maximum atomic E-state index is 12.6. The molecule has 2 heterocycles. The van der Waals surface area contributed by atoms with Gasteiger partial charge in [0.25, 0.3) is 5.91 Å². The van der Waals surface area contributed by atoms with E-state index >= 15 is 0 Å². The average molecular weight is 300 g/mol. The van der Waals surface area contributed by atoms with Gasteiger partial charge in [-0.05, 0) is 32.0 Å². The summed E-state index contributed by atoms with van der Waals surface area (Å²) in [5, 5.41) is 0. The van der Waals surface area contributed by atoms with Crippen LogP contribution >= 0.6 is 0 Å². The zero-order valence-electron chi connectivity index (χ0n) is 12.9. The highest BCUT2D eigenvalue weighted by atomic mass is 16.2. The Bertz CT molecular complexity index is 699. The molecule has 1 aliphatic rings. The number of rotatable bonds is 3. The molecule has 116 valence electrons. The number of fused-ring (bicyclic) bond motifs is 1. The molecule has 0 spiro atoms. The Labute approximate surface area is 129 Å². The van der Waals surface area contributed by atoms with Crippen LogP contribution in [-0.4, -0.2) is 57.8 Å². The highest BCUT2D eigenvalue weighted by Crippen LogP contribution is 2.20. The number of carbonyl (C=O) groups is 2. The Morgan fingerprint density at radius 3 is 2.59 bits per heavy atom. The number of nitrogens with zero attached hydrogens (tertiary/aromatic N) is 4. The summed E-state index contributed by atoms with van der Waals surface area (Å²) in [5.74, 6) is 0.00606. The van der Waals surface area contributed by atoms with Gasteiger partial charge in [0.05, 0.1) is 17.4 Å². The third kappa shape index (κ3) is 2.56. The molecule has 0 N–H and O–H groups in total. The number of benzene rings is 1. The minimum absolute atomic E-state index is 0.00606. The standard InChI is InChI=1S/C16H20N4O2/c1-12(2)20-10-17-14-9-13(3-4-15(14)20)16(22)19-7-5-18(11-21)6-8-19/h3-4,9-12H,5-8H2,1-2H3. The van der Waals surface area contributed by atoms with Gasteiger partial charge in [0.1, 0.15) is 0 Å². The van der Waals surface area contributed by atoms with Crippen molar-refractivity contribution in [3.63, 3.8) is 0 Å². The van der Waals surface area contributed by atoms with Crippen LogP contribution in [0.2, 0.25) is 0 Å². The predicted molar refractivity (Wildman–Crippen MR) is 83.7 cm³/mol. The molecule has 6 heteroatoms. The van der Waals surface area contributed by atoms with Crippen molar-refractivity contribution in [2.75, 3.05) is 26.2 Å². The Morgan fingerprint density at radius 2 is 1.95 bits per heavy atom. The van der Waals surface area contributed by atoms with Crippen LogP contribution in [0.3, 0.4) is 0 Å². The minimum Gasteiger partial charge on any atom is -0.342 e. The predicted octanol–water partition coefficient (Wildman–Crippen LogP) is 1.53. The fourth-order valence-electron chi connectivity index (χ4n) is 2.79. The molecule has 1 fully saturated rings. The quantitative estimate of drug-likeness (QED) is 0.808. The molecular weight excluding hydrogens is 280 g/mol. The Hall–Kier alpha value is -2.37. The molecule has 1 aliphatic heterocycles. The van der Waals surface area contributed by atoms with Crippen molar-refractivity contribution in [3.8, 4) is 0 Å². The minimum atomic E-state index is 0.00606. The highest BCUT2D eigenvalue weighted by Gasteiger charge is 2.21. The Morgan fingerprint density at radius 1 is 1.23 bits per heavy atom. The van der Waals surface area contributed by atoms with Gasteiger partial charge in [-0.2, -0.15) is 0 Å². The van der Waals surface area contributed by atoms with Crippen molar-refractivity contribution < 1.29 is 9.59 Å². The SMILES string of the molecule is CC(C)n1cnc2cc(C(=O)N3CCN(C=O)CC3)ccc21. The van der Waals surface area contributed by atoms with Crippen molar-refractivity contribution >= 4 is 23.4 Å². The summed E-state index contributed by atoms with van der Waals surface area (Å²) in [7, 11) is 0. The first-order valence-corrected chi connectivity index (χ1v) is 7.55. The molecule has 2 amide bonds. The Kier molecular flexibility index (Phi) is 3.83. The second-order valence-corrected chi connectivity index (χ2v) is 5.88. The van der Waals surface area contributed by atoms with Gasteiger partial charge < -0.3 is 14.4 Å². The molecule has 6 nitrogen and oxygen atoms in total. The first kappa shape index (κ1) is 14.6. The summed E-state index contributed by atoms with van der Waals surface area (Å²) in [4.78, 5) is 31.2. The van der Waals surface area contributed by atoms with Gasteiger partial charge in [-0.3, -0.25) is 9.59 Å². The smallest absolute Gasteiger partial charge is 0.254 e. The van der Waals surface area contributed by atoms with Crippen molar-refractivity contribution in [2.24, 2.45) is 0 Å². The van der Waals surface area contributed by atoms with E-state index in [-0.39, 0.29) is 5.91 Å². The normalized spacial score (nSPS) is 15.6. The number of piperazine rings is 1. The zero-order chi connectivity index (χ0) is 15.7. The average Bonchev–Trinajstić information content (AvgIpc) is 2.97. The summed E-state index contributed by atoms with van der Waals surface area (Å²) in [6, 6.07) is 6.00. The van der Waals surface area contributed by atoms with Gasteiger partial charge in [-0.15, -0.1) is 0 Å². The lowest BCUT2D eigenvalue weighted by molar-refractivity contribution is -0.119. The molecule has 2 aromatic rings. The molecule has 0 saturated carbocycles. The fraction of sp³-hybridized carbons (Fsp3) is 0.438. The molecule has 1 saturated heterocycles. The van der Waals surface area contributed by atoms with Crippen molar-refractivity contribution in [1.29, 1.82) is 0 Å². The number of hydrogen-bond acceptors (Lipinski definition) is 3. The van der Waals surface area contributed by atoms with Gasteiger partial charge in [-0.25, -0.2) is 4.98 Å². The van der Waals surface area contributed by atoms with Gasteiger partial charge >= 0.3 is 0 Å². The molecule has 22 heavy (non-hydrogen) atoms. The number of hydrogen-bond donors (Lipinski definition) is 0. The van der Waals surface area contributed by atoms with Crippen LogP contribution in [0.25, 0.3) is 11.0 Å². The highest BCUT2D eigenvalue weighted by molar-refractivity contribution is 5.97. The number of aromatic nitrogens is 2. The number of carbonyl (C=O) groups excluding carboxylic acids is 2. The molecule has 0 aliphatic carbocycles. The Balaban J connectivity index is 1.81. The van der Waals surface area contributed by atoms with E-state index in [0.29, 0.717) is 37.8 Å². The van der Waals surface area contributed by atoms with Crippen LogP contribution in [0.15, 0.2) is 24.5 Å². The largest absolute Gasteiger partial charge is 0.342 e. The molecule has 1 aromatic heterocycles. The first-order chi connectivity index (χ1) is 10.6. The third-order valence-electron chi connectivity index (χ3n) is 4.13. The van der Waals surface area contributed by atoms with Crippen LogP contribution in [0, 0.1) is 0 Å². The van der Waals surface area contributed by atoms with E-state index in [1.54, 1.807) is 9.80 Å². The zero-order valence-corrected chi connectivity index (χ0v) is 12.9. The summed E-state index contributed by atoms with van der Waals surface area (Å²) in [5.41, 5.74) is 2.53. The van der Waals surface area contributed by atoms with Crippen LogP contribution in [0.1, 0.15) is 30.2 Å². The van der Waals surface area contributed by atoms with Crippen LogP contribution in [0.4, 0.5) is 0 Å². The summed E-state index contributed by atoms with van der Waals surface area (Å²) in [6.45, 7) is 6.56.